The summed E-state index contributed by atoms with van der Waals surface area (Å²) in [6, 6.07) is 0.463. The first-order valence-corrected chi connectivity index (χ1v) is 7.39. The van der Waals surface area contributed by atoms with Gasteiger partial charge in [-0.1, -0.05) is 11.3 Å². The van der Waals surface area contributed by atoms with E-state index in [1.54, 1.807) is 7.11 Å². The second-order valence-electron chi connectivity index (χ2n) is 4.66. The molecule has 0 atom stereocenters. The Hall–Kier alpha value is -1.38. The molecular weight excluding hydrogens is 280 g/mol. The molecule has 0 aromatic carbocycles. The van der Waals surface area contributed by atoms with Gasteiger partial charge in [0.15, 0.2) is 5.13 Å². The number of nitrogens with one attached hydrogen (secondary N) is 1. The lowest BCUT2D eigenvalue weighted by Gasteiger charge is -2.20. The smallest absolute Gasteiger partial charge is 0.268 e. The summed E-state index contributed by atoms with van der Waals surface area (Å²) in [6.07, 6.45) is 2.26. The lowest BCUT2D eigenvalue weighted by atomic mass is 10.4. The summed E-state index contributed by atoms with van der Waals surface area (Å²) in [4.78, 5) is 18.5. The van der Waals surface area contributed by atoms with Crippen LogP contribution in [0, 0.1) is 0 Å². The molecule has 2 rings (SSSR count). The standard InChI is InChI=1S/C12H20N4O3S/c1-19-7-5-16(4-6-17)11(18)9-10(13)15-12(20-9)14-8-2-3-8/h8,17H,2-7,13H2,1H3,(H,14,15). The normalized spacial score (nSPS) is 14.3. The largest absolute Gasteiger partial charge is 0.395 e. The Labute approximate surface area is 121 Å². The molecular formula is C12H20N4O3S. The summed E-state index contributed by atoms with van der Waals surface area (Å²) in [5, 5.41) is 13.0. The molecule has 1 fully saturated rings. The average Bonchev–Trinajstić information content (AvgIpc) is 3.16. The molecule has 1 amide bonds. The number of aliphatic hydroxyl groups is 1. The van der Waals surface area contributed by atoms with Crippen molar-refractivity contribution in [2.24, 2.45) is 0 Å². The highest BCUT2D eigenvalue weighted by Crippen LogP contribution is 2.31. The number of thiazole rings is 1. The second-order valence-corrected chi connectivity index (χ2v) is 5.66. The van der Waals surface area contributed by atoms with Gasteiger partial charge in [0.25, 0.3) is 5.91 Å². The predicted molar refractivity (Wildman–Crippen MR) is 78.0 cm³/mol. The lowest BCUT2D eigenvalue weighted by molar-refractivity contribution is 0.0662. The van der Waals surface area contributed by atoms with Crippen molar-refractivity contribution in [1.82, 2.24) is 9.88 Å². The maximum Gasteiger partial charge on any atom is 0.268 e. The van der Waals surface area contributed by atoms with Crippen LogP contribution in [0.4, 0.5) is 10.9 Å². The van der Waals surface area contributed by atoms with Crippen molar-refractivity contribution >= 4 is 28.2 Å². The molecule has 1 saturated carbocycles. The Bertz CT molecular complexity index is 462. The fourth-order valence-corrected chi connectivity index (χ4v) is 2.66. The summed E-state index contributed by atoms with van der Waals surface area (Å²) in [5.74, 6) is 0.0263. The Morgan fingerprint density at radius 1 is 1.60 bits per heavy atom. The molecule has 0 saturated heterocycles. The van der Waals surface area contributed by atoms with Crippen molar-refractivity contribution < 1.29 is 14.6 Å². The number of nitrogens with zero attached hydrogens (tertiary/aromatic N) is 2. The van der Waals surface area contributed by atoms with Crippen LogP contribution in [0.3, 0.4) is 0 Å². The molecule has 1 aliphatic rings. The topological polar surface area (TPSA) is 101 Å². The third kappa shape index (κ3) is 3.81. The van der Waals surface area contributed by atoms with Crippen LogP contribution < -0.4 is 11.1 Å². The number of hydrogen-bond acceptors (Lipinski definition) is 7. The second kappa shape index (κ2) is 6.87. The van der Waals surface area contributed by atoms with Gasteiger partial charge in [-0.15, -0.1) is 0 Å². The van der Waals surface area contributed by atoms with Crippen LogP contribution >= 0.6 is 11.3 Å². The molecule has 0 radical (unpaired) electrons. The van der Waals surface area contributed by atoms with Gasteiger partial charge in [-0.05, 0) is 12.8 Å². The number of methoxy groups -OCH3 is 1. The average molecular weight is 300 g/mol. The van der Waals surface area contributed by atoms with E-state index in [1.807, 2.05) is 0 Å². The zero-order valence-corrected chi connectivity index (χ0v) is 12.3. The van der Waals surface area contributed by atoms with Gasteiger partial charge in [-0.2, -0.15) is 0 Å². The zero-order chi connectivity index (χ0) is 14.5. The number of rotatable bonds is 8. The van der Waals surface area contributed by atoms with Crippen molar-refractivity contribution in [2.45, 2.75) is 18.9 Å². The van der Waals surface area contributed by atoms with Gasteiger partial charge in [0.1, 0.15) is 10.7 Å². The molecule has 0 unspecified atom stereocenters. The fourth-order valence-electron chi connectivity index (χ4n) is 1.73. The minimum Gasteiger partial charge on any atom is -0.395 e. The number of amides is 1. The number of carbonyl (C=O) groups is 1. The maximum atomic E-state index is 12.4. The quantitative estimate of drug-likeness (QED) is 0.642. The molecule has 1 heterocycles. The first kappa shape index (κ1) is 15.0. The van der Waals surface area contributed by atoms with Crippen LogP contribution in [-0.4, -0.2) is 60.4 Å². The minimum absolute atomic E-state index is 0.0959. The van der Waals surface area contributed by atoms with Gasteiger partial charge in [0.2, 0.25) is 0 Å². The molecule has 1 aromatic heterocycles. The van der Waals surface area contributed by atoms with Crippen LogP contribution in [-0.2, 0) is 4.74 Å². The Kier molecular flexibility index (Phi) is 5.16. The maximum absolute atomic E-state index is 12.4. The minimum atomic E-state index is -0.213. The van der Waals surface area contributed by atoms with Gasteiger partial charge in [0, 0.05) is 26.2 Å². The summed E-state index contributed by atoms with van der Waals surface area (Å²) in [7, 11) is 1.57. The van der Waals surface area contributed by atoms with Gasteiger partial charge < -0.3 is 25.8 Å². The lowest BCUT2D eigenvalue weighted by Crippen LogP contribution is -2.36. The van der Waals surface area contributed by atoms with Crippen molar-refractivity contribution in [3.63, 3.8) is 0 Å². The molecule has 8 heteroatoms. The van der Waals surface area contributed by atoms with Crippen molar-refractivity contribution in [3.05, 3.63) is 4.88 Å². The van der Waals surface area contributed by atoms with E-state index in [2.05, 4.69) is 10.3 Å². The fraction of sp³-hybridized carbons (Fsp3) is 0.667. The Balaban J connectivity index is 2.06. The van der Waals surface area contributed by atoms with E-state index < -0.39 is 0 Å². The van der Waals surface area contributed by atoms with Crippen LogP contribution in [0.25, 0.3) is 0 Å². The van der Waals surface area contributed by atoms with Crippen LogP contribution in [0.15, 0.2) is 0 Å². The van der Waals surface area contributed by atoms with E-state index >= 15 is 0 Å². The van der Waals surface area contributed by atoms with E-state index in [0.29, 0.717) is 29.2 Å². The number of aliphatic hydroxyl groups excluding tert-OH is 1. The molecule has 0 bridgehead atoms. The Morgan fingerprint density at radius 2 is 2.35 bits per heavy atom. The van der Waals surface area contributed by atoms with Gasteiger partial charge in [-0.25, -0.2) is 4.98 Å². The monoisotopic (exact) mass is 300 g/mol. The number of aromatic nitrogens is 1. The van der Waals surface area contributed by atoms with E-state index in [9.17, 15) is 4.79 Å². The molecule has 1 aromatic rings. The Morgan fingerprint density at radius 3 is 2.95 bits per heavy atom. The number of hydrogen-bond donors (Lipinski definition) is 3. The summed E-state index contributed by atoms with van der Waals surface area (Å²) >= 11 is 1.26. The summed E-state index contributed by atoms with van der Waals surface area (Å²) in [6.45, 7) is 0.989. The summed E-state index contributed by atoms with van der Waals surface area (Å²) in [5.41, 5.74) is 5.82. The number of nitrogen functional groups attached to an aromatic ring is 1. The molecule has 0 aliphatic heterocycles. The molecule has 7 nitrogen and oxygen atoms in total. The van der Waals surface area contributed by atoms with Crippen molar-refractivity contribution in [2.75, 3.05) is 44.5 Å². The van der Waals surface area contributed by atoms with Gasteiger partial charge in [0.05, 0.1) is 13.2 Å². The van der Waals surface area contributed by atoms with Gasteiger partial charge >= 0.3 is 0 Å². The number of carbonyl (C=O) groups excluding carboxylic acids is 1. The third-order valence-electron chi connectivity index (χ3n) is 2.98. The highest BCUT2D eigenvalue weighted by atomic mass is 32.1. The van der Waals surface area contributed by atoms with Crippen LogP contribution in [0.5, 0.6) is 0 Å². The van der Waals surface area contributed by atoms with Crippen LogP contribution in [0.2, 0.25) is 0 Å². The van der Waals surface area contributed by atoms with Gasteiger partial charge in [-0.3, -0.25) is 4.79 Å². The molecule has 20 heavy (non-hydrogen) atoms. The SMILES string of the molecule is COCCN(CCO)C(=O)c1sc(NC2CC2)nc1N. The predicted octanol–water partition coefficient (Wildman–Crippen LogP) is 0.380. The molecule has 0 spiro atoms. The molecule has 1 aliphatic carbocycles. The van der Waals surface area contributed by atoms with E-state index in [4.69, 9.17) is 15.6 Å². The highest BCUT2D eigenvalue weighted by molar-refractivity contribution is 7.18. The third-order valence-corrected chi connectivity index (χ3v) is 3.97. The zero-order valence-electron chi connectivity index (χ0n) is 11.5. The van der Waals surface area contributed by atoms with E-state index in [0.717, 1.165) is 12.8 Å². The van der Waals surface area contributed by atoms with E-state index in [1.165, 1.54) is 16.2 Å². The number of nitrogens with two attached hydrogens (primary N) is 1. The molecule has 4 N–H and O–H groups in total. The summed E-state index contributed by atoms with van der Waals surface area (Å²) < 4.78 is 4.97. The van der Waals surface area contributed by atoms with E-state index in [-0.39, 0.29) is 24.9 Å². The van der Waals surface area contributed by atoms with Crippen molar-refractivity contribution in [1.29, 1.82) is 0 Å². The number of ether oxygens (including phenoxy) is 1. The first-order chi connectivity index (χ1) is 9.65. The van der Waals surface area contributed by atoms with Crippen LogP contribution in [0.1, 0.15) is 22.5 Å². The van der Waals surface area contributed by atoms with Crippen molar-refractivity contribution in [3.8, 4) is 0 Å². The first-order valence-electron chi connectivity index (χ1n) is 6.57. The highest BCUT2D eigenvalue weighted by Gasteiger charge is 2.25. The number of anilines is 2. The molecule has 112 valence electrons.